The molecule has 0 bridgehead atoms. The Morgan fingerprint density at radius 3 is 2.28 bits per heavy atom. The molecule has 0 fully saturated rings. The highest BCUT2D eigenvalue weighted by molar-refractivity contribution is 6.30. The summed E-state index contributed by atoms with van der Waals surface area (Å²) in [7, 11) is 0. The Labute approximate surface area is 226 Å². The zero-order chi connectivity index (χ0) is 27.7. The van der Waals surface area contributed by atoms with Crippen LogP contribution in [0.15, 0.2) is 84.9 Å². The number of carbonyl (C=O) groups is 2. The van der Waals surface area contributed by atoms with Gasteiger partial charge in [-0.3, -0.25) is 4.79 Å². The molecule has 192 valence electrons. The van der Waals surface area contributed by atoms with E-state index < -0.39 is 23.5 Å². The van der Waals surface area contributed by atoms with Crippen molar-refractivity contribution in [2.24, 2.45) is 0 Å². The lowest BCUT2D eigenvalue weighted by Crippen LogP contribution is -2.16. The molecule has 0 aliphatic heterocycles. The molecule has 0 aliphatic rings. The van der Waals surface area contributed by atoms with Crippen LogP contribution >= 0.6 is 11.6 Å². The highest BCUT2D eigenvalue weighted by Gasteiger charge is 2.25. The largest absolute Gasteiger partial charge is 0.477 e. The number of benzene rings is 4. The fraction of sp³-hybridized carbons (Fsp3) is 0.0333. The van der Waals surface area contributed by atoms with E-state index in [-0.39, 0.29) is 29.1 Å². The van der Waals surface area contributed by atoms with Gasteiger partial charge in [0, 0.05) is 28.6 Å². The molecule has 0 unspecified atom stereocenters. The molecular weight excluding hydrogens is 524 g/mol. The Balaban J connectivity index is 1.69. The number of nitrogens with zero attached hydrogens (tertiary/aromatic N) is 2. The number of carboxylic acid groups (broad SMARTS) is 1. The molecule has 0 radical (unpaired) electrons. The maximum absolute atomic E-state index is 14.0. The number of hydrogen-bond acceptors (Lipinski definition) is 3. The minimum atomic E-state index is -1.29. The molecule has 0 aliphatic carbocycles. The van der Waals surface area contributed by atoms with Crippen molar-refractivity contribution in [3.05, 3.63) is 124 Å². The Hall–Kier alpha value is -5.00. The molecule has 5 rings (SSSR count). The molecule has 0 spiro atoms. The minimum Gasteiger partial charge on any atom is -0.477 e. The first-order valence-corrected chi connectivity index (χ1v) is 12.0. The van der Waals surface area contributed by atoms with Gasteiger partial charge >= 0.3 is 5.97 Å². The standard InChI is InChI=1S/C30H18ClF2N3O3/c31-22-3-1-2-18(10-22)16-36-26-13-20(21-11-23(32)14-24(33)12-21)8-9-25(26)27(28(36)30(38)39)35-29(37)19-6-4-17(15-34)5-7-19/h1-14H,16H2,(H,35,37)(H,38,39). The van der Waals surface area contributed by atoms with Crippen LogP contribution in [0.2, 0.25) is 5.02 Å². The van der Waals surface area contributed by atoms with Gasteiger partial charge < -0.3 is 15.0 Å². The second-order valence-electron chi connectivity index (χ2n) is 8.78. The van der Waals surface area contributed by atoms with Gasteiger partial charge in [-0.25, -0.2) is 13.6 Å². The average molecular weight is 542 g/mol. The van der Waals surface area contributed by atoms with E-state index in [1.807, 2.05) is 6.07 Å². The Morgan fingerprint density at radius 2 is 1.64 bits per heavy atom. The molecule has 0 saturated carbocycles. The molecule has 9 heteroatoms. The molecule has 2 N–H and O–H groups in total. The van der Waals surface area contributed by atoms with Crippen molar-refractivity contribution in [3.63, 3.8) is 0 Å². The molecule has 1 heterocycles. The van der Waals surface area contributed by atoms with Crippen LogP contribution in [0.3, 0.4) is 0 Å². The zero-order valence-corrected chi connectivity index (χ0v) is 20.8. The zero-order valence-electron chi connectivity index (χ0n) is 20.1. The summed E-state index contributed by atoms with van der Waals surface area (Å²) in [6, 6.07) is 22.7. The third kappa shape index (κ3) is 5.21. The van der Waals surface area contributed by atoms with Crippen LogP contribution in [0.4, 0.5) is 14.5 Å². The first-order chi connectivity index (χ1) is 18.7. The lowest BCUT2D eigenvalue weighted by molar-refractivity contribution is 0.0687. The predicted octanol–water partition coefficient (Wildman–Crippen LogP) is 7.11. The number of aromatic carboxylic acids is 1. The minimum absolute atomic E-state index is 0.0610. The average Bonchev–Trinajstić information content (AvgIpc) is 3.20. The van der Waals surface area contributed by atoms with Crippen molar-refractivity contribution in [1.82, 2.24) is 4.57 Å². The highest BCUT2D eigenvalue weighted by Crippen LogP contribution is 2.36. The lowest BCUT2D eigenvalue weighted by Gasteiger charge is -2.11. The number of nitriles is 1. The molecule has 6 nitrogen and oxygen atoms in total. The van der Waals surface area contributed by atoms with E-state index in [1.165, 1.54) is 41.0 Å². The van der Waals surface area contributed by atoms with Gasteiger partial charge in [-0.2, -0.15) is 5.26 Å². The fourth-order valence-corrected chi connectivity index (χ4v) is 4.68. The molecule has 1 aromatic heterocycles. The van der Waals surface area contributed by atoms with E-state index >= 15 is 0 Å². The van der Waals surface area contributed by atoms with Crippen molar-refractivity contribution in [1.29, 1.82) is 5.26 Å². The van der Waals surface area contributed by atoms with E-state index in [0.29, 0.717) is 32.6 Å². The monoisotopic (exact) mass is 541 g/mol. The first kappa shape index (κ1) is 25.6. The lowest BCUT2D eigenvalue weighted by atomic mass is 10.0. The molecule has 5 aromatic rings. The van der Waals surface area contributed by atoms with E-state index in [9.17, 15) is 23.5 Å². The van der Waals surface area contributed by atoms with Gasteiger partial charge in [-0.05, 0) is 71.3 Å². The molecule has 1 amide bonds. The number of fused-ring (bicyclic) bond motifs is 1. The normalized spacial score (nSPS) is 10.8. The quantitative estimate of drug-likeness (QED) is 0.239. The summed E-state index contributed by atoms with van der Waals surface area (Å²) in [5, 5.41) is 22.9. The van der Waals surface area contributed by atoms with E-state index in [4.69, 9.17) is 16.9 Å². The molecular formula is C30H18ClF2N3O3. The summed E-state index contributed by atoms with van der Waals surface area (Å²) in [6.45, 7) is 0.0897. The summed E-state index contributed by atoms with van der Waals surface area (Å²) in [6.07, 6.45) is 0. The predicted molar refractivity (Wildman–Crippen MR) is 144 cm³/mol. The molecule has 4 aromatic carbocycles. The number of halogens is 3. The van der Waals surface area contributed by atoms with Gasteiger partial charge in [0.1, 0.15) is 11.6 Å². The smallest absolute Gasteiger partial charge is 0.354 e. The Kier molecular flexibility index (Phi) is 6.84. The number of hydrogen-bond donors (Lipinski definition) is 2. The second-order valence-corrected chi connectivity index (χ2v) is 9.21. The summed E-state index contributed by atoms with van der Waals surface area (Å²) in [4.78, 5) is 25.7. The fourth-order valence-electron chi connectivity index (χ4n) is 4.46. The third-order valence-corrected chi connectivity index (χ3v) is 6.44. The van der Waals surface area contributed by atoms with E-state index in [2.05, 4.69) is 5.32 Å². The maximum atomic E-state index is 14.0. The number of anilines is 1. The summed E-state index contributed by atoms with van der Waals surface area (Å²) in [5.74, 6) is -3.36. The van der Waals surface area contributed by atoms with E-state index in [0.717, 1.165) is 6.07 Å². The van der Waals surface area contributed by atoms with Gasteiger partial charge in [-0.15, -0.1) is 0 Å². The number of amides is 1. The second kappa shape index (κ2) is 10.4. The maximum Gasteiger partial charge on any atom is 0.354 e. The summed E-state index contributed by atoms with van der Waals surface area (Å²) >= 11 is 6.16. The van der Waals surface area contributed by atoms with Crippen LogP contribution in [-0.2, 0) is 6.54 Å². The topological polar surface area (TPSA) is 95.1 Å². The van der Waals surface area contributed by atoms with Crippen molar-refractivity contribution in [3.8, 4) is 17.2 Å². The Morgan fingerprint density at radius 1 is 0.923 bits per heavy atom. The van der Waals surface area contributed by atoms with Crippen molar-refractivity contribution >= 4 is 40.1 Å². The van der Waals surface area contributed by atoms with Crippen LogP contribution < -0.4 is 5.32 Å². The summed E-state index contributed by atoms with van der Waals surface area (Å²) < 4.78 is 29.4. The van der Waals surface area contributed by atoms with Crippen LogP contribution in [0, 0.1) is 23.0 Å². The van der Waals surface area contributed by atoms with Crippen LogP contribution in [0.25, 0.3) is 22.0 Å². The van der Waals surface area contributed by atoms with Crippen LogP contribution in [0.5, 0.6) is 0 Å². The van der Waals surface area contributed by atoms with Crippen molar-refractivity contribution in [2.45, 2.75) is 6.54 Å². The van der Waals surface area contributed by atoms with Gasteiger partial charge in [0.2, 0.25) is 0 Å². The molecule has 0 atom stereocenters. The van der Waals surface area contributed by atoms with Crippen molar-refractivity contribution in [2.75, 3.05) is 5.32 Å². The number of carbonyl (C=O) groups excluding carboxylic acids is 1. The third-order valence-electron chi connectivity index (χ3n) is 6.21. The van der Waals surface area contributed by atoms with Gasteiger partial charge in [0.15, 0.2) is 5.69 Å². The van der Waals surface area contributed by atoms with Gasteiger partial charge in [0.25, 0.3) is 5.91 Å². The van der Waals surface area contributed by atoms with Gasteiger partial charge in [-0.1, -0.05) is 35.9 Å². The van der Waals surface area contributed by atoms with Crippen molar-refractivity contribution < 1.29 is 23.5 Å². The van der Waals surface area contributed by atoms with Crippen LogP contribution in [0.1, 0.15) is 32.0 Å². The number of rotatable bonds is 6. The highest BCUT2D eigenvalue weighted by atomic mass is 35.5. The summed E-state index contributed by atoms with van der Waals surface area (Å²) in [5.41, 5.74) is 2.32. The molecule has 39 heavy (non-hydrogen) atoms. The van der Waals surface area contributed by atoms with E-state index in [1.54, 1.807) is 42.5 Å². The number of nitrogens with one attached hydrogen (secondary N) is 1. The van der Waals surface area contributed by atoms with Gasteiger partial charge in [0.05, 0.1) is 22.8 Å². The van der Waals surface area contributed by atoms with Crippen LogP contribution in [-0.4, -0.2) is 21.6 Å². The Bertz CT molecular complexity index is 1790. The number of aromatic nitrogens is 1. The molecule has 0 saturated heterocycles. The first-order valence-electron chi connectivity index (χ1n) is 11.7. The SMILES string of the molecule is N#Cc1ccc(C(=O)Nc2c(C(=O)O)n(Cc3cccc(Cl)c3)c3cc(-c4cc(F)cc(F)c4)ccc23)cc1. The number of carboxylic acids is 1.